The Bertz CT molecular complexity index is 644. The van der Waals surface area contributed by atoms with Gasteiger partial charge in [0.05, 0.1) is 12.2 Å². The third-order valence-corrected chi connectivity index (χ3v) is 4.77. The minimum Gasteiger partial charge on any atom is -0.380 e. The number of halogens is 1. The van der Waals surface area contributed by atoms with Crippen LogP contribution in [0.4, 0.5) is 5.69 Å². The van der Waals surface area contributed by atoms with Gasteiger partial charge in [0.1, 0.15) is 0 Å². The van der Waals surface area contributed by atoms with Crippen LogP contribution in [0.2, 0.25) is 0 Å². The molecule has 2 N–H and O–H groups in total. The first-order valence-corrected chi connectivity index (χ1v) is 7.56. The van der Waals surface area contributed by atoms with Gasteiger partial charge < -0.3 is 5.32 Å². The van der Waals surface area contributed by atoms with E-state index in [9.17, 15) is 0 Å². The molecule has 2 aromatic heterocycles. The molecule has 2 heterocycles. The highest BCUT2D eigenvalue weighted by atomic mass is 79.9. The molecule has 0 aliphatic heterocycles. The van der Waals surface area contributed by atoms with Crippen molar-refractivity contribution in [2.75, 3.05) is 5.32 Å². The molecule has 0 atom stereocenters. The zero-order valence-electron chi connectivity index (χ0n) is 10.1. The van der Waals surface area contributed by atoms with Gasteiger partial charge in [-0.05, 0) is 51.1 Å². The fraction of sp³-hybridized carbons (Fsp3) is 0.0714. The molecule has 0 unspecified atom stereocenters. The maximum absolute atomic E-state index is 3.96. The summed E-state index contributed by atoms with van der Waals surface area (Å²) in [5.74, 6) is 0. The van der Waals surface area contributed by atoms with Gasteiger partial charge in [-0.15, -0.1) is 11.3 Å². The summed E-state index contributed by atoms with van der Waals surface area (Å²) in [6.45, 7) is 0.835. The van der Waals surface area contributed by atoms with Crippen LogP contribution in [-0.2, 0) is 6.54 Å². The Kier molecular flexibility index (Phi) is 3.66. The molecular formula is C14H12BrN3S. The number of aromatic amines is 1. The third-order valence-electron chi connectivity index (χ3n) is 2.84. The highest BCUT2D eigenvalue weighted by molar-refractivity contribution is 9.10. The fourth-order valence-electron chi connectivity index (χ4n) is 1.82. The van der Waals surface area contributed by atoms with Crippen molar-refractivity contribution < 1.29 is 0 Å². The van der Waals surface area contributed by atoms with E-state index in [0.29, 0.717) is 0 Å². The standard InChI is InChI=1S/C14H12BrN3S/c15-12-6-8-19-14(12)9-16-11-3-1-10(2-4-11)13-5-7-17-18-13/h1-8,16H,9H2,(H,17,18). The van der Waals surface area contributed by atoms with Crippen LogP contribution >= 0.6 is 27.3 Å². The first-order valence-electron chi connectivity index (χ1n) is 5.88. The lowest BCUT2D eigenvalue weighted by Crippen LogP contribution is -1.97. The van der Waals surface area contributed by atoms with Gasteiger partial charge in [0.15, 0.2) is 0 Å². The van der Waals surface area contributed by atoms with Crippen LogP contribution in [0, 0.1) is 0 Å². The minimum absolute atomic E-state index is 0.835. The second-order valence-corrected chi connectivity index (χ2v) is 5.95. The molecule has 0 fully saturated rings. The highest BCUT2D eigenvalue weighted by Crippen LogP contribution is 2.24. The lowest BCUT2D eigenvalue weighted by atomic mass is 10.1. The van der Waals surface area contributed by atoms with Crippen molar-refractivity contribution in [2.45, 2.75) is 6.54 Å². The second-order valence-electron chi connectivity index (χ2n) is 4.09. The summed E-state index contributed by atoms with van der Waals surface area (Å²) in [6.07, 6.45) is 1.76. The Morgan fingerprint density at radius 2 is 2.00 bits per heavy atom. The van der Waals surface area contributed by atoms with Crippen molar-refractivity contribution in [1.29, 1.82) is 0 Å². The highest BCUT2D eigenvalue weighted by Gasteiger charge is 2.02. The Balaban J connectivity index is 1.68. The molecule has 1 aromatic carbocycles. The number of nitrogens with zero attached hydrogens (tertiary/aromatic N) is 1. The summed E-state index contributed by atoms with van der Waals surface area (Å²) in [5, 5.41) is 12.4. The number of hydrogen-bond donors (Lipinski definition) is 2. The molecule has 0 saturated carbocycles. The number of benzene rings is 1. The van der Waals surface area contributed by atoms with Gasteiger partial charge in [-0.25, -0.2) is 0 Å². The monoisotopic (exact) mass is 333 g/mol. The minimum atomic E-state index is 0.835. The van der Waals surface area contributed by atoms with Crippen LogP contribution in [0.5, 0.6) is 0 Å². The van der Waals surface area contributed by atoms with Crippen molar-refractivity contribution in [3.8, 4) is 11.3 Å². The van der Waals surface area contributed by atoms with E-state index < -0.39 is 0 Å². The van der Waals surface area contributed by atoms with E-state index in [1.165, 1.54) is 9.35 Å². The zero-order chi connectivity index (χ0) is 13.1. The molecule has 0 aliphatic rings. The largest absolute Gasteiger partial charge is 0.380 e. The van der Waals surface area contributed by atoms with E-state index in [1.807, 2.05) is 6.07 Å². The van der Waals surface area contributed by atoms with Crippen LogP contribution in [0.1, 0.15) is 4.88 Å². The second kappa shape index (κ2) is 5.59. The summed E-state index contributed by atoms with van der Waals surface area (Å²) < 4.78 is 1.17. The van der Waals surface area contributed by atoms with E-state index >= 15 is 0 Å². The molecule has 3 nitrogen and oxygen atoms in total. The first-order chi connectivity index (χ1) is 9.33. The van der Waals surface area contributed by atoms with Gasteiger partial charge in [-0.1, -0.05) is 12.1 Å². The maximum Gasteiger partial charge on any atom is 0.0650 e. The zero-order valence-corrected chi connectivity index (χ0v) is 12.5. The maximum atomic E-state index is 3.96. The van der Waals surface area contributed by atoms with Crippen molar-refractivity contribution in [3.05, 3.63) is 57.3 Å². The predicted octanol–water partition coefficient (Wildman–Crippen LogP) is 4.51. The Labute approximate surface area is 123 Å². The van der Waals surface area contributed by atoms with Crippen molar-refractivity contribution in [3.63, 3.8) is 0 Å². The van der Waals surface area contributed by atoms with Gasteiger partial charge in [-0.3, -0.25) is 5.10 Å². The van der Waals surface area contributed by atoms with E-state index in [1.54, 1.807) is 17.5 Å². The van der Waals surface area contributed by atoms with Crippen LogP contribution in [-0.4, -0.2) is 10.2 Å². The SMILES string of the molecule is Brc1ccsc1CNc1ccc(-c2ccn[nH]2)cc1. The molecule has 0 amide bonds. The van der Waals surface area contributed by atoms with Crippen molar-refractivity contribution in [1.82, 2.24) is 10.2 Å². The lowest BCUT2D eigenvalue weighted by Gasteiger charge is -2.06. The molecule has 0 bridgehead atoms. The fourth-order valence-corrected chi connectivity index (χ4v) is 3.25. The summed E-state index contributed by atoms with van der Waals surface area (Å²) in [5.41, 5.74) is 3.29. The Morgan fingerprint density at radius 1 is 1.16 bits per heavy atom. The molecule has 0 spiro atoms. The van der Waals surface area contributed by atoms with Crippen molar-refractivity contribution in [2.24, 2.45) is 0 Å². The smallest absolute Gasteiger partial charge is 0.0650 e. The van der Waals surface area contributed by atoms with E-state index in [4.69, 9.17) is 0 Å². The number of hydrogen-bond acceptors (Lipinski definition) is 3. The number of anilines is 1. The Hall–Kier alpha value is -1.59. The number of H-pyrrole nitrogens is 1. The van der Waals surface area contributed by atoms with E-state index in [0.717, 1.165) is 23.5 Å². The molecule has 0 saturated heterocycles. The average Bonchev–Trinajstić information content (AvgIpc) is 3.09. The van der Waals surface area contributed by atoms with Gasteiger partial charge in [-0.2, -0.15) is 5.10 Å². The summed E-state index contributed by atoms with van der Waals surface area (Å²) >= 11 is 5.28. The summed E-state index contributed by atoms with van der Waals surface area (Å²) in [6, 6.07) is 12.4. The average molecular weight is 334 g/mol. The molecule has 3 rings (SSSR count). The van der Waals surface area contributed by atoms with Gasteiger partial charge in [0.25, 0.3) is 0 Å². The van der Waals surface area contributed by atoms with Gasteiger partial charge >= 0.3 is 0 Å². The molecule has 3 aromatic rings. The summed E-state index contributed by atoms with van der Waals surface area (Å²) in [7, 11) is 0. The molecule has 96 valence electrons. The predicted molar refractivity (Wildman–Crippen MR) is 83.4 cm³/mol. The number of aromatic nitrogens is 2. The normalized spacial score (nSPS) is 10.6. The van der Waals surface area contributed by atoms with Gasteiger partial charge in [0, 0.05) is 21.2 Å². The topological polar surface area (TPSA) is 40.7 Å². The van der Waals surface area contributed by atoms with Crippen LogP contribution in [0.15, 0.2) is 52.4 Å². The van der Waals surface area contributed by atoms with Crippen LogP contribution < -0.4 is 5.32 Å². The van der Waals surface area contributed by atoms with Gasteiger partial charge in [0.2, 0.25) is 0 Å². The van der Waals surface area contributed by atoms with Crippen LogP contribution in [0.3, 0.4) is 0 Å². The van der Waals surface area contributed by atoms with E-state index in [2.05, 4.69) is 67.2 Å². The van der Waals surface area contributed by atoms with Crippen LogP contribution in [0.25, 0.3) is 11.3 Å². The molecule has 5 heteroatoms. The molecule has 0 aliphatic carbocycles. The third kappa shape index (κ3) is 2.88. The number of nitrogens with one attached hydrogen (secondary N) is 2. The molecule has 0 radical (unpaired) electrons. The number of thiophene rings is 1. The molecular weight excluding hydrogens is 322 g/mol. The quantitative estimate of drug-likeness (QED) is 0.737. The lowest BCUT2D eigenvalue weighted by molar-refractivity contribution is 1.09. The molecule has 19 heavy (non-hydrogen) atoms. The first kappa shape index (κ1) is 12.4. The van der Waals surface area contributed by atoms with Crippen molar-refractivity contribution >= 4 is 33.0 Å². The Morgan fingerprint density at radius 3 is 2.63 bits per heavy atom. The van der Waals surface area contributed by atoms with E-state index in [-0.39, 0.29) is 0 Å². The number of rotatable bonds is 4. The summed E-state index contributed by atoms with van der Waals surface area (Å²) in [4.78, 5) is 1.30.